The van der Waals surface area contributed by atoms with Crippen molar-refractivity contribution in [3.8, 4) is 5.75 Å². The maximum atomic E-state index is 12.4. The van der Waals surface area contributed by atoms with Crippen molar-refractivity contribution < 1.29 is 9.53 Å². The Balaban J connectivity index is 1.37. The summed E-state index contributed by atoms with van der Waals surface area (Å²) in [5.41, 5.74) is 2.00. The average Bonchev–Trinajstić information content (AvgIpc) is 2.74. The first-order valence-electron chi connectivity index (χ1n) is 10.4. The van der Waals surface area contributed by atoms with Crippen molar-refractivity contribution in [3.05, 3.63) is 59.9 Å². The van der Waals surface area contributed by atoms with Crippen LogP contribution in [0.3, 0.4) is 0 Å². The topological polar surface area (TPSA) is 54.5 Å². The summed E-state index contributed by atoms with van der Waals surface area (Å²) in [5, 5.41) is 3.10. The molecule has 0 atom stereocenters. The lowest BCUT2D eigenvalue weighted by Gasteiger charge is -2.32. The van der Waals surface area contributed by atoms with Crippen molar-refractivity contribution in [2.45, 2.75) is 39.2 Å². The Morgan fingerprint density at radius 3 is 2.54 bits per heavy atom. The number of ether oxygens (including phenoxy) is 1. The van der Waals surface area contributed by atoms with Crippen LogP contribution < -0.4 is 10.1 Å². The fraction of sp³-hybridized carbons (Fsp3) is 0.478. The Labute approximate surface area is 168 Å². The van der Waals surface area contributed by atoms with Gasteiger partial charge < -0.3 is 10.1 Å². The van der Waals surface area contributed by atoms with Gasteiger partial charge in [-0.05, 0) is 80.2 Å². The highest BCUT2D eigenvalue weighted by atomic mass is 16.5. The summed E-state index contributed by atoms with van der Waals surface area (Å²) in [6, 6.07) is 11.6. The van der Waals surface area contributed by atoms with Gasteiger partial charge in [0.2, 0.25) is 0 Å². The van der Waals surface area contributed by atoms with Gasteiger partial charge >= 0.3 is 0 Å². The van der Waals surface area contributed by atoms with Crippen LogP contribution in [0.25, 0.3) is 0 Å². The molecule has 1 amide bonds. The van der Waals surface area contributed by atoms with E-state index in [0.717, 1.165) is 64.2 Å². The third kappa shape index (κ3) is 6.34. The Hall–Kier alpha value is -2.40. The van der Waals surface area contributed by atoms with Crippen LogP contribution >= 0.6 is 0 Å². The summed E-state index contributed by atoms with van der Waals surface area (Å²) in [6.45, 7) is 6.74. The molecule has 0 saturated carbocycles. The molecule has 2 aromatic rings. The van der Waals surface area contributed by atoms with Gasteiger partial charge in [0.1, 0.15) is 5.75 Å². The molecule has 5 heteroatoms. The van der Waals surface area contributed by atoms with Crippen LogP contribution in [0.15, 0.2) is 48.8 Å². The van der Waals surface area contributed by atoms with Gasteiger partial charge in [-0.15, -0.1) is 0 Å². The SMILES string of the molecule is CCCCOc1ccc(C(=O)NCC2CCN(Cc3ccncc3)CC2)cc1. The number of hydrogen-bond acceptors (Lipinski definition) is 4. The summed E-state index contributed by atoms with van der Waals surface area (Å²) >= 11 is 0. The Morgan fingerprint density at radius 2 is 1.86 bits per heavy atom. The van der Waals surface area contributed by atoms with E-state index in [1.807, 2.05) is 36.7 Å². The lowest BCUT2D eigenvalue weighted by Crippen LogP contribution is -2.38. The van der Waals surface area contributed by atoms with Crippen LogP contribution in [0, 0.1) is 5.92 Å². The smallest absolute Gasteiger partial charge is 0.251 e. The highest BCUT2D eigenvalue weighted by molar-refractivity contribution is 5.94. The van der Waals surface area contributed by atoms with E-state index in [1.54, 1.807) is 0 Å². The molecule has 2 heterocycles. The zero-order valence-electron chi connectivity index (χ0n) is 16.8. The highest BCUT2D eigenvalue weighted by Crippen LogP contribution is 2.19. The predicted molar refractivity (Wildman–Crippen MR) is 111 cm³/mol. The lowest BCUT2D eigenvalue weighted by molar-refractivity contribution is 0.0935. The molecule has 1 aromatic heterocycles. The van der Waals surface area contributed by atoms with Gasteiger partial charge in [0.25, 0.3) is 5.91 Å². The van der Waals surface area contributed by atoms with Crippen LogP contribution in [0.2, 0.25) is 0 Å². The van der Waals surface area contributed by atoms with E-state index >= 15 is 0 Å². The number of benzene rings is 1. The Morgan fingerprint density at radius 1 is 1.14 bits per heavy atom. The van der Waals surface area contributed by atoms with Crippen molar-refractivity contribution in [1.82, 2.24) is 15.2 Å². The molecule has 0 radical (unpaired) electrons. The van der Waals surface area contributed by atoms with E-state index in [-0.39, 0.29) is 5.91 Å². The van der Waals surface area contributed by atoms with Crippen LogP contribution in [-0.4, -0.2) is 42.0 Å². The Bertz CT molecular complexity index is 710. The molecule has 1 aliphatic rings. The molecule has 3 rings (SSSR count). The number of hydrogen-bond donors (Lipinski definition) is 1. The van der Waals surface area contributed by atoms with E-state index in [0.29, 0.717) is 11.5 Å². The van der Waals surface area contributed by atoms with Crippen LogP contribution in [0.4, 0.5) is 0 Å². The molecule has 150 valence electrons. The zero-order chi connectivity index (χ0) is 19.6. The summed E-state index contributed by atoms with van der Waals surface area (Å²) in [6.07, 6.45) is 8.10. The lowest BCUT2D eigenvalue weighted by atomic mass is 9.96. The molecule has 1 aromatic carbocycles. The van der Waals surface area contributed by atoms with Gasteiger partial charge in [-0.1, -0.05) is 13.3 Å². The van der Waals surface area contributed by atoms with Gasteiger partial charge in [0, 0.05) is 31.0 Å². The summed E-state index contributed by atoms with van der Waals surface area (Å²) < 4.78 is 5.65. The average molecular weight is 382 g/mol. The van der Waals surface area contributed by atoms with Crippen LogP contribution in [0.1, 0.15) is 48.5 Å². The first kappa shape index (κ1) is 20.3. The van der Waals surface area contributed by atoms with Gasteiger partial charge in [0.05, 0.1) is 6.61 Å². The standard InChI is InChI=1S/C23H31N3O2/c1-2-3-16-28-22-6-4-21(5-7-22)23(27)25-17-19-10-14-26(15-11-19)18-20-8-12-24-13-9-20/h4-9,12-13,19H,2-3,10-11,14-18H2,1H3,(H,25,27). The first-order chi connectivity index (χ1) is 13.7. The van der Waals surface area contributed by atoms with Gasteiger partial charge in [0.15, 0.2) is 0 Å². The van der Waals surface area contributed by atoms with Gasteiger partial charge in [-0.25, -0.2) is 0 Å². The molecular weight excluding hydrogens is 350 g/mol. The largest absolute Gasteiger partial charge is 0.494 e. The predicted octanol–water partition coefficient (Wildman–Crippen LogP) is 3.90. The number of carbonyl (C=O) groups is 1. The summed E-state index contributed by atoms with van der Waals surface area (Å²) in [5.74, 6) is 1.38. The van der Waals surface area contributed by atoms with E-state index < -0.39 is 0 Å². The highest BCUT2D eigenvalue weighted by Gasteiger charge is 2.20. The monoisotopic (exact) mass is 381 g/mol. The molecule has 1 saturated heterocycles. The van der Waals surface area contributed by atoms with Gasteiger partial charge in [-0.2, -0.15) is 0 Å². The number of pyridine rings is 1. The van der Waals surface area contributed by atoms with Crippen molar-refractivity contribution in [1.29, 1.82) is 0 Å². The quantitative estimate of drug-likeness (QED) is 0.669. The van der Waals surface area contributed by atoms with Crippen molar-refractivity contribution in [2.24, 2.45) is 5.92 Å². The number of nitrogens with one attached hydrogen (secondary N) is 1. The van der Waals surface area contributed by atoms with E-state index in [4.69, 9.17) is 4.74 Å². The maximum absolute atomic E-state index is 12.4. The fourth-order valence-electron chi connectivity index (χ4n) is 3.47. The Kier molecular flexibility index (Phi) is 7.85. The second-order valence-corrected chi connectivity index (χ2v) is 7.51. The molecule has 0 aliphatic carbocycles. The number of piperidine rings is 1. The summed E-state index contributed by atoms with van der Waals surface area (Å²) in [4.78, 5) is 18.9. The van der Waals surface area contributed by atoms with Crippen molar-refractivity contribution in [2.75, 3.05) is 26.2 Å². The molecule has 0 bridgehead atoms. The second kappa shape index (κ2) is 10.8. The zero-order valence-corrected chi connectivity index (χ0v) is 16.8. The third-order valence-electron chi connectivity index (χ3n) is 5.30. The van der Waals surface area contributed by atoms with Crippen molar-refractivity contribution >= 4 is 5.91 Å². The fourth-order valence-corrected chi connectivity index (χ4v) is 3.47. The number of carbonyl (C=O) groups excluding carboxylic acids is 1. The third-order valence-corrected chi connectivity index (χ3v) is 5.30. The van der Waals surface area contributed by atoms with Gasteiger partial charge in [-0.3, -0.25) is 14.7 Å². The number of amides is 1. The van der Waals surface area contributed by atoms with Crippen molar-refractivity contribution in [3.63, 3.8) is 0 Å². The van der Waals surface area contributed by atoms with E-state index in [1.165, 1.54) is 5.56 Å². The maximum Gasteiger partial charge on any atom is 0.251 e. The summed E-state index contributed by atoms with van der Waals surface area (Å²) in [7, 11) is 0. The minimum Gasteiger partial charge on any atom is -0.494 e. The molecule has 5 nitrogen and oxygen atoms in total. The number of nitrogens with zero attached hydrogens (tertiary/aromatic N) is 2. The number of aromatic nitrogens is 1. The minimum absolute atomic E-state index is 0.000627. The number of unbranched alkanes of at least 4 members (excludes halogenated alkanes) is 1. The normalized spacial score (nSPS) is 15.3. The minimum atomic E-state index is -0.000627. The number of likely N-dealkylation sites (tertiary alicyclic amines) is 1. The van der Waals surface area contributed by atoms with E-state index in [2.05, 4.69) is 34.3 Å². The molecule has 1 aliphatic heterocycles. The molecule has 0 unspecified atom stereocenters. The molecule has 1 fully saturated rings. The first-order valence-corrected chi connectivity index (χ1v) is 10.4. The second-order valence-electron chi connectivity index (χ2n) is 7.51. The molecule has 0 spiro atoms. The van der Waals surface area contributed by atoms with Crippen LogP contribution in [0.5, 0.6) is 5.75 Å². The van der Waals surface area contributed by atoms with Crippen LogP contribution in [-0.2, 0) is 6.54 Å². The molecule has 28 heavy (non-hydrogen) atoms. The molecule has 1 N–H and O–H groups in total. The number of rotatable bonds is 9. The molecular formula is C23H31N3O2. The van der Waals surface area contributed by atoms with E-state index in [9.17, 15) is 4.79 Å².